The zero-order valence-corrected chi connectivity index (χ0v) is 19.7. The minimum atomic E-state index is 0. The molecule has 2 N–H and O–H groups in total. The number of morpholine rings is 1. The van der Waals surface area contributed by atoms with Gasteiger partial charge in [-0.15, -0.1) is 24.0 Å². The summed E-state index contributed by atoms with van der Waals surface area (Å²) >= 11 is 0. The lowest BCUT2D eigenvalue weighted by atomic mass is 10.0. The smallest absolute Gasteiger partial charge is 0.191 e. The second-order valence-electron chi connectivity index (χ2n) is 7.18. The van der Waals surface area contributed by atoms with Gasteiger partial charge in [0.2, 0.25) is 0 Å². The van der Waals surface area contributed by atoms with Crippen molar-refractivity contribution in [1.82, 2.24) is 20.4 Å². The normalized spacial score (nSPS) is 16.5. The molecule has 1 fully saturated rings. The number of ether oxygens (including phenoxy) is 2. The fourth-order valence-electron chi connectivity index (χ4n) is 2.84. The zero-order chi connectivity index (χ0) is 18.5. The van der Waals surface area contributed by atoms with Gasteiger partial charge in [-0.3, -0.25) is 9.89 Å². The molecule has 0 radical (unpaired) electrons. The molecule has 0 atom stereocenters. The Morgan fingerprint density at radius 2 is 1.92 bits per heavy atom. The summed E-state index contributed by atoms with van der Waals surface area (Å²) in [5.74, 6) is 0.897. The largest absolute Gasteiger partial charge is 0.385 e. The summed E-state index contributed by atoms with van der Waals surface area (Å²) in [5, 5.41) is 6.78. The lowest BCUT2D eigenvalue weighted by molar-refractivity contribution is -0.00683. The Morgan fingerprint density at radius 3 is 2.54 bits per heavy atom. The first-order valence-electron chi connectivity index (χ1n) is 9.52. The molecule has 0 bridgehead atoms. The first kappa shape index (κ1) is 25.8. The van der Waals surface area contributed by atoms with Crippen molar-refractivity contribution in [3.05, 3.63) is 0 Å². The van der Waals surface area contributed by atoms with Gasteiger partial charge in [0.25, 0.3) is 0 Å². The van der Waals surface area contributed by atoms with E-state index in [1.807, 2.05) is 0 Å². The summed E-state index contributed by atoms with van der Waals surface area (Å²) in [6, 6.07) is 0. The number of aliphatic imine (C=N–C) groups is 1. The topological polar surface area (TPSA) is 61.4 Å². The van der Waals surface area contributed by atoms with Crippen LogP contribution >= 0.6 is 24.0 Å². The van der Waals surface area contributed by atoms with Gasteiger partial charge in [0.15, 0.2) is 5.96 Å². The fraction of sp³-hybridized carbons (Fsp3) is 0.944. The number of hydrogen-bond acceptors (Lipinski definition) is 5. The number of methoxy groups -OCH3 is 1. The third-order valence-corrected chi connectivity index (χ3v) is 4.51. The monoisotopic (exact) mass is 485 g/mol. The Labute approximate surface area is 177 Å². The van der Waals surface area contributed by atoms with E-state index in [1.165, 1.54) is 0 Å². The van der Waals surface area contributed by atoms with E-state index in [0.29, 0.717) is 0 Å². The van der Waals surface area contributed by atoms with Crippen LogP contribution in [0.5, 0.6) is 0 Å². The van der Waals surface area contributed by atoms with Gasteiger partial charge in [-0.05, 0) is 34.2 Å². The predicted octanol–water partition coefficient (Wildman–Crippen LogP) is 1.24. The van der Waals surface area contributed by atoms with Crippen molar-refractivity contribution in [2.45, 2.75) is 32.7 Å². The summed E-state index contributed by atoms with van der Waals surface area (Å²) in [7, 11) is 3.89. The molecular formula is C18H40IN5O2. The molecule has 0 aromatic carbocycles. The molecule has 1 saturated heterocycles. The van der Waals surface area contributed by atoms with Crippen LogP contribution in [0, 0.1) is 0 Å². The molecule has 0 unspecified atom stereocenters. The Balaban J connectivity index is 0.00000625. The number of hydrogen-bond donors (Lipinski definition) is 2. The van der Waals surface area contributed by atoms with Crippen LogP contribution in [0.2, 0.25) is 0 Å². The summed E-state index contributed by atoms with van der Waals surface area (Å²) in [4.78, 5) is 9.58. The van der Waals surface area contributed by atoms with E-state index in [2.05, 4.69) is 48.3 Å². The van der Waals surface area contributed by atoms with Crippen molar-refractivity contribution in [2.75, 3.05) is 79.8 Å². The zero-order valence-electron chi connectivity index (χ0n) is 17.3. The highest BCUT2D eigenvalue weighted by molar-refractivity contribution is 14.0. The SMILES string of the molecule is CCNC(=NCC(C)(C)N1CCOCC1)NCCN(C)CCCOC.I. The van der Waals surface area contributed by atoms with E-state index < -0.39 is 0 Å². The molecule has 1 aliphatic heterocycles. The third kappa shape index (κ3) is 10.9. The summed E-state index contributed by atoms with van der Waals surface area (Å²) in [6.45, 7) is 15.6. The first-order valence-corrected chi connectivity index (χ1v) is 9.52. The number of likely N-dealkylation sites (N-methyl/N-ethyl adjacent to an activating group) is 1. The number of rotatable bonds is 11. The summed E-state index contributed by atoms with van der Waals surface area (Å²) in [6.07, 6.45) is 1.06. The van der Waals surface area contributed by atoms with Crippen molar-refractivity contribution in [3.63, 3.8) is 0 Å². The van der Waals surface area contributed by atoms with Crippen LogP contribution in [0.4, 0.5) is 0 Å². The maximum absolute atomic E-state index is 5.45. The van der Waals surface area contributed by atoms with Crippen LogP contribution in [0.1, 0.15) is 27.2 Å². The lowest BCUT2D eigenvalue weighted by Gasteiger charge is -2.39. The molecular weight excluding hydrogens is 445 g/mol. The molecule has 0 aliphatic carbocycles. The van der Waals surface area contributed by atoms with Gasteiger partial charge < -0.3 is 25.0 Å². The average molecular weight is 485 g/mol. The van der Waals surface area contributed by atoms with Crippen LogP contribution in [-0.2, 0) is 9.47 Å². The molecule has 0 aromatic heterocycles. The van der Waals surface area contributed by atoms with Gasteiger partial charge in [-0.25, -0.2) is 0 Å². The van der Waals surface area contributed by atoms with Crippen LogP contribution in [-0.4, -0.2) is 101 Å². The van der Waals surface area contributed by atoms with Crippen molar-refractivity contribution in [1.29, 1.82) is 0 Å². The summed E-state index contributed by atoms with van der Waals surface area (Å²) in [5.41, 5.74) is 0.0447. The molecule has 0 spiro atoms. The van der Waals surface area contributed by atoms with E-state index in [9.17, 15) is 0 Å². The molecule has 1 aliphatic rings. The van der Waals surface area contributed by atoms with E-state index >= 15 is 0 Å². The average Bonchev–Trinajstić information content (AvgIpc) is 2.61. The summed E-state index contributed by atoms with van der Waals surface area (Å²) < 4.78 is 10.6. The van der Waals surface area contributed by atoms with Gasteiger partial charge in [-0.2, -0.15) is 0 Å². The lowest BCUT2D eigenvalue weighted by Crippen LogP contribution is -2.52. The fourth-order valence-corrected chi connectivity index (χ4v) is 2.84. The second-order valence-corrected chi connectivity index (χ2v) is 7.18. The van der Waals surface area contributed by atoms with Gasteiger partial charge in [0, 0.05) is 58.5 Å². The van der Waals surface area contributed by atoms with Crippen LogP contribution in [0.25, 0.3) is 0 Å². The first-order chi connectivity index (χ1) is 12.0. The highest BCUT2D eigenvalue weighted by Crippen LogP contribution is 2.16. The van der Waals surface area contributed by atoms with Gasteiger partial charge in [0.05, 0.1) is 19.8 Å². The van der Waals surface area contributed by atoms with E-state index in [4.69, 9.17) is 14.5 Å². The third-order valence-electron chi connectivity index (χ3n) is 4.51. The Morgan fingerprint density at radius 1 is 1.23 bits per heavy atom. The van der Waals surface area contributed by atoms with Crippen LogP contribution in [0.3, 0.4) is 0 Å². The Hall–Kier alpha value is -0.160. The maximum atomic E-state index is 5.45. The van der Waals surface area contributed by atoms with Gasteiger partial charge >= 0.3 is 0 Å². The number of nitrogens with zero attached hydrogens (tertiary/aromatic N) is 3. The minimum absolute atomic E-state index is 0. The van der Waals surface area contributed by atoms with Crippen molar-refractivity contribution >= 4 is 29.9 Å². The standard InChI is InChI=1S/C18H39N5O2.HI/c1-6-19-17(20-8-10-22(4)9-7-13-24-5)21-16-18(2,3)23-11-14-25-15-12-23;/h6-16H2,1-5H3,(H2,19,20,21);1H. The van der Waals surface area contributed by atoms with E-state index in [-0.39, 0.29) is 29.5 Å². The van der Waals surface area contributed by atoms with E-state index in [1.54, 1.807) is 7.11 Å². The molecule has 8 heteroatoms. The molecule has 7 nitrogen and oxygen atoms in total. The maximum Gasteiger partial charge on any atom is 0.191 e. The van der Waals surface area contributed by atoms with Gasteiger partial charge in [0.1, 0.15) is 0 Å². The minimum Gasteiger partial charge on any atom is -0.385 e. The molecule has 0 saturated carbocycles. The Bertz CT molecular complexity index is 377. The molecule has 0 amide bonds. The second kappa shape index (κ2) is 14.8. The molecule has 156 valence electrons. The van der Waals surface area contributed by atoms with Crippen molar-refractivity contribution in [2.24, 2.45) is 4.99 Å². The highest BCUT2D eigenvalue weighted by Gasteiger charge is 2.28. The van der Waals surface area contributed by atoms with Crippen molar-refractivity contribution < 1.29 is 9.47 Å². The predicted molar refractivity (Wildman–Crippen MR) is 120 cm³/mol. The molecule has 0 aromatic rings. The van der Waals surface area contributed by atoms with Crippen LogP contribution < -0.4 is 10.6 Å². The van der Waals surface area contributed by atoms with Gasteiger partial charge in [-0.1, -0.05) is 0 Å². The molecule has 1 heterocycles. The molecule has 26 heavy (non-hydrogen) atoms. The van der Waals surface area contributed by atoms with Crippen LogP contribution in [0.15, 0.2) is 4.99 Å². The number of halogens is 1. The van der Waals surface area contributed by atoms with Crippen molar-refractivity contribution in [3.8, 4) is 0 Å². The Kier molecular flexibility index (Phi) is 14.8. The highest BCUT2D eigenvalue weighted by atomic mass is 127. The molecule has 1 rings (SSSR count). The quantitative estimate of drug-likeness (QED) is 0.199. The number of guanidine groups is 1. The van der Waals surface area contributed by atoms with E-state index in [0.717, 1.165) is 78.0 Å². The number of nitrogens with one attached hydrogen (secondary N) is 2.